The van der Waals surface area contributed by atoms with Crippen LogP contribution in [0.15, 0.2) is 28.5 Å². The first-order valence-electron chi connectivity index (χ1n) is 5.25. The minimum Gasteiger partial charge on any atom is -0.396 e. The lowest BCUT2D eigenvalue weighted by Gasteiger charge is -1.99. The van der Waals surface area contributed by atoms with Gasteiger partial charge in [0.05, 0.1) is 9.90 Å². The number of hydrogen-bond acceptors (Lipinski definition) is 5. The van der Waals surface area contributed by atoms with E-state index in [0.29, 0.717) is 21.0 Å². The summed E-state index contributed by atoms with van der Waals surface area (Å²) in [5, 5.41) is 9.63. The molecule has 0 aliphatic rings. The van der Waals surface area contributed by atoms with Crippen LogP contribution in [-0.4, -0.2) is 12.0 Å². The minimum absolute atomic E-state index is 0.184. The van der Waals surface area contributed by atoms with Crippen molar-refractivity contribution in [1.29, 1.82) is 5.26 Å². The fourth-order valence-corrected chi connectivity index (χ4v) is 3.51. The molecule has 0 spiro atoms. The molecule has 0 saturated carbocycles. The Morgan fingerprint density at radius 1 is 1.42 bits per heavy atom. The summed E-state index contributed by atoms with van der Waals surface area (Å²) in [6.45, 7) is 0. The molecule has 0 radical (unpaired) electrons. The average Bonchev–Trinajstić information content (AvgIpc) is 2.75. The van der Waals surface area contributed by atoms with Gasteiger partial charge in [0, 0.05) is 10.6 Å². The third-order valence-electron chi connectivity index (χ3n) is 2.52. The number of nitriles is 1. The number of rotatable bonds is 3. The van der Waals surface area contributed by atoms with E-state index in [0.717, 1.165) is 4.21 Å². The van der Waals surface area contributed by atoms with Gasteiger partial charge in [0.25, 0.3) is 0 Å². The molecular weight excluding hydrogens is 300 g/mol. The van der Waals surface area contributed by atoms with E-state index in [9.17, 15) is 4.79 Å². The third kappa shape index (κ3) is 2.61. The second-order valence-corrected chi connectivity index (χ2v) is 6.19. The van der Waals surface area contributed by atoms with E-state index in [1.807, 2.05) is 12.3 Å². The highest BCUT2D eigenvalue weighted by molar-refractivity contribution is 8.00. The molecule has 1 aromatic carbocycles. The lowest BCUT2D eigenvalue weighted by Crippen LogP contribution is -2.02. The minimum atomic E-state index is -0.184. The monoisotopic (exact) mass is 308 g/mol. The number of benzene rings is 1. The molecular formula is C13H9ClN2OS2. The maximum Gasteiger partial charge on any atom is 0.205 e. The maximum atomic E-state index is 12.3. The quantitative estimate of drug-likeness (QED) is 0.691. The van der Waals surface area contributed by atoms with Crippen LogP contribution in [0.25, 0.3) is 0 Å². The van der Waals surface area contributed by atoms with Crippen molar-refractivity contribution in [3.8, 4) is 6.07 Å². The Morgan fingerprint density at radius 3 is 2.53 bits per heavy atom. The van der Waals surface area contributed by atoms with Crippen LogP contribution in [0.5, 0.6) is 0 Å². The number of thiophene rings is 1. The van der Waals surface area contributed by atoms with E-state index < -0.39 is 0 Å². The zero-order chi connectivity index (χ0) is 14.0. The molecule has 1 aromatic heterocycles. The van der Waals surface area contributed by atoms with Gasteiger partial charge < -0.3 is 5.73 Å². The second kappa shape index (κ2) is 5.66. The summed E-state index contributed by atoms with van der Waals surface area (Å²) in [7, 11) is 0. The highest BCUT2D eigenvalue weighted by Gasteiger charge is 2.21. The van der Waals surface area contributed by atoms with Crippen molar-refractivity contribution in [3.05, 3.63) is 45.3 Å². The van der Waals surface area contributed by atoms with Gasteiger partial charge in [0.2, 0.25) is 5.78 Å². The van der Waals surface area contributed by atoms with Crippen molar-refractivity contribution in [3.63, 3.8) is 0 Å². The van der Waals surface area contributed by atoms with E-state index in [-0.39, 0.29) is 11.5 Å². The number of nitrogens with zero attached hydrogens (tertiary/aromatic N) is 1. The predicted molar refractivity (Wildman–Crippen MR) is 80.1 cm³/mol. The second-order valence-electron chi connectivity index (χ2n) is 3.66. The van der Waals surface area contributed by atoms with Gasteiger partial charge in [0.1, 0.15) is 16.5 Å². The smallest absolute Gasteiger partial charge is 0.205 e. The first kappa shape index (κ1) is 13.9. The van der Waals surface area contributed by atoms with Gasteiger partial charge in [-0.25, -0.2) is 0 Å². The van der Waals surface area contributed by atoms with Crippen LogP contribution in [0.3, 0.4) is 0 Å². The van der Waals surface area contributed by atoms with Crippen LogP contribution in [0.1, 0.15) is 20.8 Å². The molecule has 96 valence electrons. The lowest BCUT2D eigenvalue weighted by atomic mass is 10.1. The summed E-state index contributed by atoms with van der Waals surface area (Å²) in [6, 6.07) is 8.64. The van der Waals surface area contributed by atoms with Gasteiger partial charge in [-0.05, 0) is 30.5 Å². The van der Waals surface area contributed by atoms with Crippen LogP contribution in [0, 0.1) is 11.3 Å². The molecule has 0 atom stereocenters. The molecule has 6 heteroatoms. The zero-order valence-electron chi connectivity index (χ0n) is 9.94. The number of carbonyl (C=O) groups is 1. The van der Waals surface area contributed by atoms with Crippen molar-refractivity contribution in [2.24, 2.45) is 0 Å². The van der Waals surface area contributed by atoms with Crippen LogP contribution in [-0.2, 0) is 0 Å². The normalized spacial score (nSPS) is 10.2. The van der Waals surface area contributed by atoms with Crippen molar-refractivity contribution in [2.45, 2.75) is 4.21 Å². The van der Waals surface area contributed by atoms with Crippen molar-refractivity contribution in [1.82, 2.24) is 0 Å². The summed E-state index contributed by atoms with van der Waals surface area (Å²) in [4.78, 5) is 12.8. The SMILES string of the molecule is CSc1sc(C(=O)c2ccc(Cl)cc2)c(N)c1C#N. The average molecular weight is 309 g/mol. The molecule has 2 rings (SSSR count). The molecule has 0 aliphatic heterocycles. The fourth-order valence-electron chi connectivity index (χ4n) is 1.57. The standard InChI is InChI=1S/C13H9ClN2OS2/c1-18-13-9(6-15)10(16)12(19-13)11(17)7-2-4-8(14)5-3-7/h2-5H,16H2,1H3. The summed E-state index contributed by atoms with van der Waals surface area (Å²) in [5.74, 6) is -0.184. The Hall–Kier alpha value is -1.48. The van der Waals surface area contributed by atoms with Gasteiger partial charge in [0.15, 0.2) is 0 Å². The van der Waals surface area contributed by atoms with Gasteiger partial charge in [-0.3, -0.25) is 4.79 Å². The molecule has 0 amide bonds. The largest absolute Gasteiger partial charge is 0.396 e. The summed E-state index contributed by atoms with van der Waals surface area (Å²) in [6.07, 6.45) is 1.85. The highest BCUT2D eigenvalue weighted by atomic mass is 35.5. The first-order chi connectivity index (χ1) is 9.08. The number of halogens is 1. The molecule has 3 nitrogen and oxygen atoms in total. The van der Waals surface area contributed by atoms with Crippen LogP contribution < -0.4 is 5.73 Å². The number of nitrogen functional groups attached to an aromatic ring is 1. The van der Waals surface area contributed by atoms with Crippen molar-refractivity contribution >= 4 is 46.2 Å². The van der Waals surface area contributed by atoms with E-state index in [2.05, 4.69) is 0 Å². The predicted octanol–water partition coefficient (Wildman–Crippen LogP) is 3.81. The fraction of sp³-hybridized carbons (Fsp3) is 0.0769. The summed E-state index contributed by atoms with van der Waals surface area (Å²) < 4.78 is 0.761. The number of thioether (sulfide) groups is 1. The Bertz CT molecular complexity index is 671. The molecule has 0 fully saturated rings. The number of anilines is 1. The summed E-state index contributed by atoms with van der Waals surface area (Å²) in [5.41, 5.74) is 7.04. The number of hydrogen-bond donors (Lipinski definition) is 1. The van der Waals surface area contributed by atoms with E-state index in [4.69, 9.17) is 22.6 Å². The van der Waals surface area contributed by atoms with E-state index in [1.54, 1.807) is 24.3 Å². The highest BCUT2D eigenvalue weighted by Crippen LogP contribution is 2.37. The van der Waals surface area contributed by atoms with Gasteiger partial charge in [-0.2, -0.15) is 5.26 Å². The molecule has 2 N–H and O–H groups in total. The molecule has 0 aliphatic carbocycles. The third-order valence-corrected chi connectivity index (χ3v) is 5.10. The molecule has 19 heavy (non-hydrogen) atoms. The van der Waals surface area contributed by atoms with E-state index >= 15 is 0 Å². The van der Waals surface area contributed by atoms with Gasteiger partial charge in [-0.15, -0.1) is 23.1 Å². The molecule has 0 unspecified atom stereocenters. The Morgan fingerprint density at radius 2 is 2.05 bits per heavy atom. The zero-order valence-corrected chi connectivity index (χ0v) is 12.3. The Kier molecular flexibility index (Phi) is 4.15. The van der Waals surface area contributed by atoms with Gasteiger partial charge in [-0.1, -0.05) is 11.6 Å². The van der Waals surface area contributed by atoms with Gasteiger partial charge >= 0.3 is 0 Å². The maximum absolute atomic E-state index is 12.3. The number of nitrogens with two attached hydrogens (primary N) is 1. The molecule has 2 aromatic rings. The van der Waals surface area contributed by atoms with Crippen LogP contribution >= 0.6 is 34.7 Å². The Balaban J connectivity index is 2.48. The summed E-state index contributed by atoms with van der Waals surface area (Å²) >= 11 is 8.45. The Labute approximate surface area is 124 Å². The number of carbonyl (C=O) groups excluding carboxylic acids is 1. The lowest BCUT2D eigenvalue weighted by molar-refractivity contribution is 0.104. The van der Waals surface area contributed by atoms with Crippen LogP contribution in [0.4, 0.5) is 5.69 Å². The van der Waals surface area contributed by atoms with Crippen molar-refractivity contribution < 1.29 is 4.79 Å². The molecule has 1 heterocycles. The number of ketones is 1. The van der Waals surface area contributed by atoms with Crippen molar-refractivity contribution in [2.75, 3.05) is 12.0 Å². The molecule has 0 bridgehead atoms. The van der Waals surface area contributed by atoms with E-state index in [1.165, 1.54) is 23.1 Å². The topological polar surface area (TPSA) is 66.9 Å². The first-order valence-corrected chi connectivity index (χ1v) is 7.67. The molecule has 0 saturated heterocycles. The van der Waals surface area contributed by atoms with Crippen LogP contribution in [0.2, 0.25) is 5.02 Å².